The van der Waals surface area contributed by atoms with Gasteiger partial charge in [-0.2, -0.15) is 0 Å². The van der Waals surface area contributed by atoms with Gasteiger partial charge in [-0.15, -0.1) is 16.9 Å². The van der Waals surface area contributed by atoms with Crippen LogP contribution in [0.1, 0.15) is 13.3 Å². The number of nitrogens with zero attached hydrogens (tertiary/aromatic N) is 5. The van der Waals surface area contributed by atoms with Gasteiger partial charge in [0, 0.05) is 26.3 Å². The molecular weight excluding hydrogens is 356 g/mol. The van der Waals surface area contributed by atoms with Crippen molar-refractivity contribution in [3.8, 4) is 0 Å². The van der Waals surface area contributed by atoms with Crippen LogP contribution in [-0.4, -0.2) is 71.0 Å². The fraction of sp³-hybridized carbons (Fsp3) is 0.667. The van der Waals surface area contributed by atoms with E-state index >= 15 is 0 Å². The predicted molar refractivity (Wildman–Crippen MR) is 84.9 cm³/mol. The molecule has 2 saturated heterocycles. The Balaban J connectivity index is 1.87. The maximum Gasteiger partial charge on any atom is 0.315 e. The van der Waals surface area contributed by atoms with E-state index in [-0.39, 0.29) is 29.5 Å². The summed E-state index contributed by atoms with van der Waals surface area (Å²) in [7, 11) is 1.66. The van der Waals surface area contributed by atoms with E-state index in [9.17, 15) is 19.5 Å². The Hall–Kier alpha value is -1.82. The van der Waals surface area contributed by atoms with Crippen LogP contribution in [0, 0.1) is 5.41 Å². The first kappa shape index (κ1) is 17.0. The zero-order valence-corrected chi connectivity index (χ0v) is 14.6. The predicted octanol–water partition coefficient (Wildman–Crippen LogP) is -0.859. The minimum Gasteiger partial charge on any atom is -0.481 e. The summed E-state index contributed by atoms with van der Waals surface area (Å²) in [5.41, 5.74) is -1.32. The molecular formula is C12H16N6O4S2. The number of hydrogen-bond donors (Lipinski definition) is 2. The van der Waals surface area contributed by atoms with Crippen molar-refractivity contribution in [3.05, 3.63) is 0 Å². The molecule has 3 atom stereocenters. The van der Waals surface area contributed by atoms with Gasteiger partial charge in [0.15, 0.2) is 0 Å². The van der Waals surface area contributed by atoms with E-state index in [0.717, 1.165) is 0 Å². The number of carboxylic acids is 1. The summed E-state index contributed by atoms with van der Waals surface area (Å²) in [4.78, 5) is 37.0. The van der Waals surface area contributed by atoms with Crippen molar-refractivity contribution in [2.75, 3.05) is 12.3 Å². The van der Waals surface area contributed by atoms with Gasteiger partial charge in [0.25, 0.3) is 0 Å². The highest BCUT2D eigenvalue weighted by Crippen LogP contribution is 2.47. The Morgan fingerprint density at radius 2 is 2.29 bits per heavy atom. The molecule has 2 N–H and O–H groups in total. The topological polar surface area (TPSA) is 130 Å². The van der Waals surface area contributed by atoms with E-state index in [2.05, 4.69) is 20.8 Å². The number of nitrogens with one attached hydrogen (secondary N) is 1. The molecule has 2 aliphatic heterocycles. The van der Waals surface area contributed by atoms with Crippen LogP contribution in [-0.2, 0) is 21.4 Å². The average Bonchev–Trinajstić information content (AvgIpc) is 2.90. The number of carbonyl (C=O) groups is 3. The molecule has 2 unspecified atom stereocenters. The van der Waals surface area contributed by atoms with Crippen molar-refractivity contribution in [3.63, 3.8) is 0 Å². The lowest BCUT2D eigenvalue weighted by molar-refractivity contribution is -0.156. The highest BCUT2D eigenvalue weighted by Gasteiger charge is 2.57. The third-order valence-corrected chi connectivity index (χ3v) is 6.91. The molecule has 24 heavy (non-hydrogen) atoms. The van der Waals surface area contributed by atoms with Gasteiger partial charge in [-0.25, -0.2) is 4.68 Å². The second-order valence-electron chi connectivity index (χ2n) is 5.73. The second kappa shape index (κ2) is 6.24. The standard InChI is InChI=1S/C12H16N6O4S2/c1-6(19)13-9-12(10(21)22,4-18-7(20)3-8(18)24-9)5-23-11-14-15-16-17(11)2/h8-9H,3-5H2,1-2H3,(H,13,19)(H,21,22)/t8-,9?,12?/m1/s1. The van der Waals surface area contributed by atoms with Gasteiger partial charge in [0.1, 0.15) is 5.41 Å². The number of carboxylic acid groups (broad SMARTS) is 1. The summed E-state index contributed by atoms with van der Waals surface area (Å²) < 4.78 is 1.45. The van der Waals surface area contributed by atoms with Gasteiger partial charge in [0.05, 0.1) is 17.2 Å². The molecule has 2 amide bonds. The number of β-lactam (4-membered cyclic amide) rings is 1. The molecule has 0 bridgehead atoms. The molecule has 130 valence electrons. The lowest BCUT2D eigenvalue weighted by Crippen LogP contribution is -2.67. The molecule has 1 aromatic heterocycles. The Morgan fingerprint density at radius 1 is 1.54 bits per heavy atom. The summed E-state index contributed by atoms with van der Waals surface area (Å²) in [6.45, 7) is 1.41. The molecule has 2 aliphatic rings. The maximum atomic E-state index is 12.1. The number of fused-ring (bicyclic) bond motifs is 1. The first-order valence-corrected chi connectivity index (χ1v) is 9.07. The molecule has 12 heteroatoms. The smallest absolute Gasteiger partial charge is 0.315 e. The lowest BCUT2D eigenvalue weighted by atomic mass is 9.87. The van der Waals surface area contributed by atoms with Gasteiger partial charge in [0.2, 0.25) is 17.0 Å². The number of rotatable bonds is 5. The van der Waals surface area contributed by atoms with Crippen molar-refractivity contribution in [2.45, 2.75) is 29.2 Å². The lowest BCUT2D eigenvalue weighted by Gasteiger charge is -2.53. The number of thioether (sulfide) groups is 2. The van der Waals surface area contributed by atoms with Gasteiger partial charge in [-0.1, -0.05) is 11.8 Å². The summed E-state index contributed by atoms with van der Waals surface area (Å²) in [6.07, 6.45) is 0.372. The average molecular weight is 372 g/mol. The molecule has 10 nitrogen and oxygen atoms in total. The largest absolute Gasteiger partial charge is 0.481 e. The van der Waals surface area contributed by atoms with Crippen LogP contribution in [0.2, 0.25) is 0 Å². The van der Waals surface area contributed by atoms with Crippen LogP contribution < -0.4 is 5.32 Å². The van der Waals surface area contributed by atoms with E-state index in [1.807, 2.05) is 0 Å². The van der Waals surface area contributed by atoms with E-state index in [4.69, 9.17) is 0 Å². The normalized spacial score (nSPS) is 28.9. The molecule has 0 radical (unpaired) electrons. The third-order valence-electron chi connectivity index (χ3n) is 4.07. The van der Waals surface area contributed by atoms with E-state index in [1.165, 1.54) is 35.1 Å². The fourth-order valence-corrected chi connectivity index (χ4v) is 5.50. The third kappa shape index (κ3) is 2.83. The van der Waals surface area contributed by atoms with Crippen LogP contribution in [0.3, 0.4) is 0 Å². The summed E-state index contributed by atoms with van der Waals surface area (Å²) in [5.74, 6) is -1.30. The minimum absolute atomic E-state index is 0.0576. The maximum absolute atomic E-state index is 12.1. The van der Waals surface area contributed by atoms with Crippen LogP contribution in [0.25, 0.3) is 0 Å². The molecule has 0 aliphatic carbocycles. The van der Waals surface area contributed by atoms with E-state index in [0.29, 0.717) is 11.6 Å². The Morgan fingerprint density at radius 3 is 2.83 bits per heavy atom. The minimum atomic E-state index is -1.32. The molecule has 2 fully saturated rings. The number of carbonyl (C=O) groups excluding carboxylic acids is 2. The zero-order valence-electron chi connectivity index (χ0n) is 13.0. The number of aliphatic carboxylic acids is 1. The van der Waals surface area contributed by atoms with Crippen molar-refractivity contribution < 1.29 is 19.5 Å². The number of hydrogen-bond acceptors (Lipinski definition) is 8. The number of aryl methyl sites for hydroxylation is 1. The van der Waals surface area contributed by atoms with E-state index < -0.39 is 16.8 Å². The van der Waals surface area contributed by atoms with Crippen LogP contribution in [0.15, 0.2) is 5.16 Å². The molecule has 1 aromatic rings. The van der Waals surface area contributed by atoms with Crippen LogP contribution in [0.5, 0.6) is 0 Å². The molecule has 0 spiro atoms. The van der Waals surface area contributed by atoms with Crippen LogP contribution in [0.4, 0.5) is 0 Å². The molecule has 0 saturated carbocycles. The van der Waals surface area contributed by atoms with Gasteiger partial charge in [-0.05, 0) is 10.4 Å². The first-order chi connectivity index (χ1) is 11.3. The van der Waals surface area contributed by atoms with E-state index in [1.54, 1.807) is 11.9 Å². The second-order valence-corrected chi connectivity index (χ2v) is 7.96. The Labute approximate surface area is 145 Å². The fourth-order valence-electron chi connectivity index (χ4n) is 2.67. The summed E-state index contributed by atoms with van der Waals surface area (Å²) in [6, 6.07) is 0. The zero-order chi connectivity index (χ0) is 17.5. The quantitative estimate of drug-likeness (QED) is 0.501. The SMILES string of the molecule is CC(=O)NC1S[C@@H]2CC(=O)N2CC1(CSc1nnnn1C)C(=O)O. The first-order valence-electron chi connectivity index (χ1n) is 7.14. The highest BCUT2D eigenvalue weighted by molar-refractivity contribution is 8.01. The number of amides is 2. The van der Waals surface area contributed by atoms with Crippen molar-refractivity contribution in [2.24, 2.45) is 12.5 Å². The highest BCUT2D eigenvalue weighted by atomic mass is 32.2. The summed E-state index contributed by atoms with van der Waals surface area (Å²) in [5, 5.41) is 23.5. The Kier molecular flexibility index (Phi) is 4.42. The van der Waals surface area contributed by atoms with Gasteiger partial charge < -0.3 is 15.3 Å². The van der Waals surface area contributed by atoms with Crippen molar-refractivity contribution >= 4 is 41.3 Å². The molecule has 3 heterocycles. The van der Waals surface area contributed by atoms with Crippen molar-refractivity contribution in [1.82, 2.24) is 30.4 Å². The van der Waals surface area contributed by atoms with Gasteiger partial charge in [-0.3, -0.25) is 14.4 Å². The molecule has 0 aromatic carbocycles. The van der Waals surface area contributed by atoms with Crippen molar-refractivity contribution in [1.29, 1.82) is 0 Å². The number of aromatic nitrogens is 4. The van der Waals surface area contributed by atoms with Crippen LogP contribution >= 0.6 is 23.5 Å². The Bertz CT molecular complexity index is 697. The molecule has 3 rings (SSSR count). The van der Waals surface area contributed by atoms with Gasteiger partial charge >= 0.3 is 5.97 Å². The summed E-state index contributed by atoms with van der Waals surface area (Å²) >= 11 is 2.50. The monoisotopic (exact) mass is 372 g/mol. The number of tetrazole rings is 1.